The van der Waals surface area contributed by atoms with Gasteiger partial charge in [-0.3, -0.25) is 0 Å². The molecule has 0 spiro atoms. The van der Waals surface area contributed by atoms with E-state index in [2.05, 4.69) is 13.0 Å². The SMILES string of the molecule is CC(CCC/C=C/B1Oc2ccccc2O1)OC1CCCCO1. The number of fused-ring (bicyclic) bond motifs is 1. The van der Waals surface area contributed by atoms with Gasteiger partial charge in [-0.25, -0.2) is 0 Å². The molecular formula is C18H25BO4. The van der Waals surface area contributed by atoms with E-state index < -0.39 is 0 Å². The summed E-state index contributed by atoms with van der Waals surface area (Å²) in [6.07, 6.45) is 8.90. The summed E-state index contributed by atoms with van der Waals surface area (Å²) in [5.41, 5.74) is 0. The molecule has 0 bridgehead atoms. The van der Waals surface area contributed by atoms with E-state index in [0.29, 0.717) is 0 Å². The zero-order chi connectivity index (χ0) is 15.9. The Bertz CT molecular complexity index is 488. The number of hydrogen-bond donors (Lipinski definition) is 0. The topological polar surface area (TPSA) is 36.9 Å². The molecule has 0 radical (unpaired) electrons. The normalized spacial score (nSPS) is 21.8. The van der Waals surface area contributed by atoms with Crippen LogP contribution in [-0.4, -0.2) is 26.1 Å². The average molecular weight is 316 g/mol. The second-order valence-corrected chi connectivity index (χ2v) is 6.15. The maximum absolute atomic E-state index is 5.92. The maximum atomic E-state index is 5.92. The van der Waals surface area contributed by atoms with E-state index in [9.17, 15) is 0 Å². The molecule has 2 heterocycles. The van der Waals surface area contributed by atoms with Crippen LogP contribution in [0.2, 0.25) is 0 Å². The van der Waals surface area contributed by atoms with Crippen LogP contribution in [0.5, 0.6) is 11.5 Å². The first kappa shape index (κ1) is 16.4. The van der Waals surface area contributed by atoms with Gasteiger partial charge in [-0.05, 0) is 63.6 Å². The zero-order valence-corrected chi connectivity index (χ0v) is 13.8. The number of para-hydroxylation sites is 2. The monoisotopic (exact) mass is 316 g/mol. The van der Waals surface area contributed by atoms with E-state index in [1.54, 1.807) is 0 Å². The summed E-state index contributed by atoms with van der Waals surface area (Å²) < 4.78 is 22.9. The van der Waals surface area contributed by atoms with Crippen molar-refractivity contribution in [3.63, 3.8) is 0 Å². The Morgan fingerprint density at radius 3 is 2.74 bits per heavy atom. The minimum absolute atomic E-state index is 0.00749. The minimum Gasteiger partial charge on any atom is -0.520 e. The van der Waals surface area contributed by atoms with Gasteiger partial charge in [0.2, 0.25) is 0 Å². The Kier molecular flexibility index (Phi) is 6.00. The van der Waals surface area contributed by atoms with Crippen LogP contribution in [0.15, 0.2) is 36.3 Å². The van der Waals surface area contributed by atoms with Gasteiger partial charge in [0, 0.05) is 6.61 Å². The Morgan fingerprint density at radius 1 is 1.26 bits per heavy atom. The first-order valence-electron chi connectivity index (χ1n) is 8.67. The van der Waals surface area contributed by atoms with Crippen molar-refractivity contribution in [1.82, 2.24) is 0 Å². The molecule has 124 valence electrons. The maximum Gasteiger partial charge on any atom is 0.624 e. The molecule has 0 saturated carbocycles. The Labute approximate surface area is 138 Å². The van der Waals surface area contributed by atoms with Gasteiger partial charge < -0.3 is 18.8 Å². The van der Waals surface area contributed by atoms with Crippen molar-refractivity contribution in [3.05, 3.63) is 36.3 Å². The van der Waals surface area contributed by atoms with Gasteiger partial charge in [-0.2, -0.15) is 0 Å². The average Bonchev–Trinajstić information content (AvgIpc) is 2.98. The third-order valence-corrected chi connectivity index (χ3v) is 4.13. The lowest BCUT2D eigenvalue weighted by Gasteiger charge is -2.26. The second-order valence-electron chi connectivity index (χ2n) is 6.15. The second kappa shape index (κ2) is 8.41. The molecule has 23 heavy (non-hydrogen) atoms. The summed E-state index contributed by atoms with van der Waals surface area (Å²) in [6.45, 7) is 2.96. The third kappa shape index (κ3) is 5.01. The quantitative estimate of drug-likeness (QED) is 0.559. The molecule has 1 saturated heterocycles. The number of benzene rings is 1. The van der Waals surface area contributed by atoms with Crippen molar-refractivity contribution in [2.75, 3.05) is 6.61 Å². The molecule has 1 aromatic rings. The summed E-state index contributed by atoms with van der Waals surface area (Å²) >= 11 is 0. The van der Waals surface area contributed by atoms with Crippen LogP contribution in [0.4, 0.5) is 0 Å². The third-order valence-electron chi connectivity index (χ3n) is 4.13. The van der Waals surface area contributed by atoms with Gasteiger partial charge in [0.1, 0.15) is 11.5 Å². The zero-order valence-electron chi connectivity index (χ0n) is 13.8. The molecule has 3 rings (SSSR count). The molecule has 5 heteroatoms. The van der Waals surface area contributed by atoms with Crippen LogP contribution in [-0.2, 0) is 9.47 Å². The lowest BCUT2D eigenvalue weighted by atomic mass is 9.90. The first-order valence-corrected chi connectivity index (χ1v) is 8.67. The van der Waals surface area contributed by atoms with E-state index in [-0.39, 0.29) is 19.5 Å². The summed E-state index contributed by atoms with van der Waals surface area (Å²) in [5, 5.41) is 0. The van der Waals surface area contributed by atoms with Crippen molar-refractivity contribution >= 4 is 7.12 Å². The van der Waals surface area contributed by atoms with Crippen molar-refractivity contribution in [2.24, 2.45) is 0 Å². The van der Waals surface area contributed by atoms with Gasteiger partial charge in [-0.15, -0.1) is 0 Å². The van der Waals surface area contributed by atoms with Gasteiger partial charge in [-0.1, -0.05) is 18.2 Å². The molecule has 0 amide bonds. The highest BCUT2D eigenvalue weighted by molar-refractivity contribution is 6.53. The standard InChI is InChI=1S/C18H25BO4/c1-15(21-18-12-6-8-14-20-18)9-3-2-7-13-19-22-16-10-4-5-11-17(16)23-19/h4-5,7,10-11,13,15,18H,2-3,6,8-9,12,14H2,1H3/b13-7+. The fourth-order valence-corrected chi connectivity index (χ4v) is 2.87. The largest absolute Gasteiger partial charge is 0.624 e. The van der Waals surface area contributed by atoms with Crippen LogP contribution in [0.25, 0.3) is 0 Å². The Hall–Kier alpha value is -1.46. The molecule has 2 aliphatic heterocycles. The fraction of sp³-hybridized carbons (Fsp3) is 0.556. The molecule has 0 N–H and O–H groups in total. The van der Waals surface area contributed by atoms with Gasteiger partial charge in [0.05, 0.1) is 6.10 Å². The fourth-order valence-electron chi connectivity index (χ4n) is 2.87. The Morgan fingerprint density at radius 2 is 2.04 bits per heavy atom. The molecule has 4 nitrogen and oxygen atoms in total. The molecule has 1 fully saturated rings. The number of unbranched alkanes of at least 4 members (excludes halogenated alkanes) is 1. The van der Waals surface area contributed by atoms with Crippen LogP contribution in [0.3, 0.4) is 0 Å². The van der Waals surface area contributed by atoms with Crippen molar-refractivity contribution in [3.8, 4) is 11.5 Å². The molecule has 2 aliphatic rings. The Balaban J connectivity index is 1.29. The van der Waals surface area contributed by atoms with E-state index in [4.69, 9.17) is 18.8 Å². The van der Waals surface area contributed by atoms with Crippen LogP contribution < -0.4 is 9.31 Å². The van der Waals surface area contributed by atoms with Gasteiger partial charge in [0.25, 0.3) is 0 Å². The highest BCUT2D eigenvalue weighted by atomic mass is 16.7. The number of rotatable bonds is 7. The minimum atomic E-state index is -0.295. The van der Waals surface area contributed by atoms with Crippen molar-refractivity contribution < 1.29 is 18.8 Å². The van der Waals surface area contributed by atoms with Gasteiger partial charge >= 0.3 is 7.12 Å². The van der Waals surface area contributed by atoms with E-state index in [1.807, 2.05) is 30.2 Å². The molecular weight excluding hydrogens is 291 g/mol. The first-order chi connectivity index (χ1) is 11.3. The molecule has 2 atom stereocenters. The number of hydrogen-bond acceptors (Lipinski definition) is 4. The highest BCUT2D eigenvalue weighted by Crippen LogP contribution is 2.32. The van der Waals surface area contributed by atoms with Crippen LogP contribution >= 0.6 is 0 Å². The smallest absolute Gasteiger partial charge is 0.520 e. The molecule has 0 aliphatic carbocycles. The van der Waals surface area contributed by atoms with Crippen LogP contribution in [0.1, 0.15) is 45.4 Å². The summed E-state index contributed by atoms with van der Waals surface area (Å²) in [4.78, 5) is 0. The number of allylic oxidation sites excluding steroid dienone is 1. The lowest BCUT2D eigenvalue weighted by Crippen LogP contribution is -2.26. The molecule has 1 aromatic carbocycles. The van der Waals surface area contributed by atoms with Crippen molar-refractivity contribution in [2.45, 2.75) is 57.8 Å². The van der Waals surface area contributed by atoms with E-state index >= 15 is 0 Å². The van der Waals surface area contributed by atoms with Gasteiger partial charge in [0.15, 0.2) is 6.29 Å². The van der Waals surface area contributed by atoms with E-state index in [1.165, 1.54) is 6.42 Å². The summed E-state index contributed by atoms with van der Waals surface area (Å²) in [5.74, 6) is 3.61. The summed E-state index contributed by atoms with van der Waals surface area (Å²) in [6, 6.07) is 7.75. The van der Waals surface area contributed by atoms with Crippen molar-refractivity contribution in [1.29, 1.82) is 0 Å². The molecule has 2 unspecified atom stereocenters. The molecule has 0 aromatic heterocycles. The summed E-state index contributed by atoms with van der Waals surface area (Å²) in [7, 11) is -0.295. The predicted molar refractivity (Wildman–Crippen MR) is 90.6 cm³/mol. The van der Waals surface area contributed by atoms with Crippen LogP contribution in [0, 0.1) is 0 Å². The van der Waals surface area contributed by atoms with E-state index in [0.717, 1.165) is 50.2 Å². The predicted octanol–water partition coefficient (Wildman–Crippen LogP) is 4.14. The highest BCUT2D eigenvalue weighted by Gasteiger charge is 2.28. The number of ether oxygens (including phenoxy) is 2. The lowest BCUT2D eigenvalue weighted by molar-refractivity contribution is -0.185.